The van der Waals surface area contributed by atoms with E-state index in [0.717, 1.165) is 6.54 Å². The van der Waals surface area contributed by atoms with Crippen molar-refractivity contribution < 1.29 is 9.90 Å². The molecule has 0 spiro atoms. The lowest BCUT2D eigenvalue weighted by atomic mass is 9.84. The predicted octanol–water partition coefficient (Wildman–Crippen LogP) is 1.94. The molecular weight excluding hydrogens is 266 g/mol. The van der Waals surface area contributed by atoms with Gasteiger partial charge in [-0.2, -0.15) is 0 Å². The van der Waals surface area contributed by atoms with Crippen molar-refractivity contribution in [2.24, 2.45) is 5.92 Å². The summed E-state index contributed by atoms with van der Waals surface area (Å²) in [7, 11) is 0. The van der Waals surface area contributed by atoms with E-state index >= 15 is 0 Å². The maximum Gasteiger partial charge on any atom is 0.337 e. The number of carbonyl (C=O) groups is 1. The predicted molar refractivity (Wildman–Crippen MR) is 72.8 cm³/mol. The molecule has 6 heteroatoms. The van der Waals surface area contributed by atoms with Gasteiger partial charge in [0.15, 0.2) is 0 Å². The number of aromatic carboxylic acids is 1. The molecule has 0 saturated carbocycles. The van der Waals surface area contributed by atoms with Gasteiger partial charge in [-0.1, -0.05) is 11.6 Å². The van der Waals surface area contributed by atoms with Crippen molar-refractivity contribution in [3.8, 4) is 0 Å². The van der Waals surface area contributed by atoms with Gasteiger partial charge in [-0.05, 0) is 37.9 Å². The van der Waals surface area contributed by atoms with Crippen molar-refractivity contribution in [1.82, 2.24) is 9.88 Å². The molecular formula is C13H16ClN3O2. The summed E-state index contributed by atoms with van der Waals surface area (Å²) in [6.45, 7) is 3.38. The topological polar surface area (TPSA) is 65.5 Å². The van der Waals surface area contributed by atoms with Gasteiger partial charge in [0.05, 0.1) is 10.6 Å². The van der Waals surface area contributed by atoms with Gasteiger partial charge in [-0.25, -0.2) is 9.78 Å². The third kappa shape index (κ3) is 2.53. The fraction of sp³-hybridized carbons (Fsp3) is 0.538. The first-order valence-corrected chi connectivity index (χ1v) is 6.89. The number of halogens is 1. The molecule has 3 fully saturated rings. The van der Waals surface area contributed by atoms with Crippen LogP contribution in [0, 0.1) is 5.92 Å². The summed E-state index contributed by atoms with van der Waals surface area (Å²) in [5.74, 6) is 0.246. The van der Waals surface area contributed by atoms with Crippen molar-refractivity contribution in [2.75, 3.05) is 25.0 Å². The summed E-state index contributed by atoms with van der Waals surface area (Å²) in [5.41, 5.74) is 0.115. The average molecular weight is 282 g/mol. The third-order valence-electron chi connectivity index (χ3n) is 4.07. The first-order chi connectivity index (χ1) is 9.13. The van der Waals surface area contributed by atoms with Gasteiger partial charge < -0.3 is 15.3 Å². The van der Waals surface area contributed by atoms with Gasteiger partial charge in [0, 0.05) is 18.8 Å². The molecule has 0 amide bonds. The van der Waals surface area contributed by atoms with Crippen LogP contribution in [-0.4, -0.2) is 46.6 Å². The van der Waals surface area contributed by atoms with Gasteiger partial charge in [-0.15, -0.1) is 0 Å². The lowest BCUT2D eigenvalue weighted by molar-refractivity contribution is 0.0696. The smallest absolute Gasteiger partial charge is 0.337 e. The quantitative estimate of drug-likeness (QED) is 0.886. The highest BCUT2D eigenvalue weighted by atomic mass is 35.5. The normalized spacial score (nSPS) is 29.2. The van der Waals surface area contributed by atoms with Crippen LogP contribution in [0.4, 0.5) is 5.82 Å². The molecule has 3 saturated heterocycles. The fourth-order valence-corrected chi connectivity index (χ4v) is 3.19. The Hall–Kier alpha value is -1.33. The van der Waals surface area contributed by atoms with Gasteiger partial charge >= 0.3 is 5.97 Å². The SMILES string of the molecule is O=C(O)c1cnc(NC2CN3CCC2CC3)c(Cl)c1. The number of aromatic nitrogens is 1. The highest BCUT2D eigenvalue weighted by Crippen LogP contribution is 2.31. The maximum atomic E-state index is 10.8. The lowest BCUT2D eigenvalue weighted by Gasteiger charge is -2.45. The van der Waals surface area contributed by atoms with E-state index in [9.17, 15) is 4.79 Å². The summed E-state index contributed by atoms with van der Waals surface area (Å²) < 4.78 is 0. The molecule has 4 heterocycles. The summed E-state index contributed by atoms with van der Waals surface area (Å²) >= 11 is 6.09. The molecule has 4 rings (SSSR count). The van der Waals surface area contributed by atoms with Crippen molar-refractivity contribution in [3.05, 3.63) is 22.8 Å². The highest BCUT2D eigenvalue weighted by molar-refractivity contribution is 6.33. The summed E-state index contributed by atoms with van der Waals surface area (Å²) in [6.07, 6.45) is 3.77. The van der Waals surface area contributed by atoms with Crippen LogP contribution in [0.1, 0.15) is 23.2 Å². The Bertz CT molecular complexity index is 501. The van der Waals surface area contributed by atoms with Crippen LogP contribution in [0.25, 0.3) is 0 Å². The van der Waals surface area contributed by atoms with E-state index in [1.54, 1.807) is 0 Å². The molecule has 1 unspecified atom stereocenters. The van der Waals surface area contributed by atoms with E-state index in [4.69, 9.17) is 16.7 Å². The van der Waals surface area contributed by atoms with Crippen molar-refractivity contribution in [3.63, 3.8) is 0 Å². The second-order valence-electron chi connectivity index (χ2n) is 5.25. The minimum Gasteiger partial charge on any atom is -0.478 e. The van der Waals surface area contributed by atoms with E-state index in [2.05, 4.69) is 15.2 Å². The molecule has 2 N–H and O–H groups in total. The van der Waals surface area contributed by atoms with Crippen LogP contribution in [0.3, 0.4) is 0 Å². The van der Waals surface area contributed by atoms with E-state index in [-0.39, 0.29) is 5.56 Å². The minimum absolute atomic E-state index is 0.115. The zero-order chi connectivity index (χ0) is 13.4. The van der Waals surface area contributed by atoms with Gasteiger partial charge in [-0.3, -0.25) is 0 Å². The van der Waals surface area contributed by atoms with Crippen LogP contribution in [0.2, 0.25) is 5.02 Å². The average Bonchev–Trinajstić information content (AvgIpc) is 2.42. The molecule has 1 aromatic rings. The molecule has 0 radical (unpaired) electrons. The Kier molecular flexibility index (Phi) is 3.33. The number of nitrogens with zero attached hydrogens (tertiary/aromatic N) is 2. The zero-order valence-electron chi connectivity index (χ0n) is 10.5. The molecule has 19 heavy (non-hydrogen) atoms. The zero-order valence-corrected chi connectivity index (χ0v) is 11.2. The monoisotopic (exact) mass is 281 g/mol. The van der Waals surface area contributed by atoms with Crippen molar-refractivity contribution in [2.45, 2.75) is 18.9 Å². The van der Waals surface area contributed by atoms with E-state index in [1.807, 2.05) is 0 Å². The third-order valence-corrected chi connectivity index (χ3v) is 4.35. The van der Waals surface area contributed by atoms with E-state index < -0.39 is 5.97 Å². The van der Waals surface area contributed by atoms with Gasteiger partial charge in [0.1, 0.15) is 5.82 Å². The first kappa shape index (κ1) is 12.7. The van der Waals surface area contributed by atoms with Gasteiger partial charge in [0.25, 0.3) is 0 Å². The molecule has 2 bridgehead atoms. The molecule has 0 aromatic carbocycles. The number of carboxylic acid groups (broad SMARTS) is 1. The molecule has 3 aliphatic heterocycles. The highest BCUT2D eigenvalue weighted by Gasteiger charge is 2.34. The van der Waals surface area contributed by atoms with Crippen LogP contribution in [0.15, 0.2) is 12.3 Å². The van der Waals surface area contributed by atoms with Crippen LogP contribution in [-0.2, 0) is 0 Å². The molecule has 5 nitrogen and oxygen atoms in total. The number of piperidine rings is 3. The Balaban J connectivity index is 1.75. The standard InChI is InChI=1S/C13H16ClN3O2/c14-10-5-9(13(18)19)6-15-12(10)16-11-7-17-3-1-8(11)2-4-17/h5-6,8,11H,1-4,7H2,(H,15,16)(H,18,19). The Morgan fingerprint density at radius 3 is 2.74 bits per heavy atom. The molecule has 3 aliphatic rings. The van der Waals surface area contributed by atoms with Gasteiger partial charge in [0.2, 0.25) is 0 Å². The minimum atomic E-state index is -1.01. The molecule has 1 aromatic heterocycles. The van der Waals surface area contributed by atoms with Crippen molar-refractivity contribution in [1.29, 1.82) is 0 Å². The largest absolute Gasteiger partial charge is 0.478 e. The fourth-order valence-electron chi connectivity index (χ4n) is 2.97. The number of carboxylic acids is 1. The second-order valence-corrected chi connectivity index (χ2v) is 5.66. The number of hydrogen-bond donors (Lipinski definition) is 2. The number of pyridine rings is 1. The summed E-state index contributed by atoms with van der Waals surface area (Å²) in [5, 5.41) is 12.6. The number of nitrogens with one attached hydrogen (secondary N) is 1. The summed E-state index contributed by atoms with van der Waals surface area (Å²) in [6, 6.07) is 1.81. The van der Waals surface area contributed by atoms with E-state index in [1.165, 1.54) is 38.2 Å². The molecule has 0 aliphatic carbocycles. The second kappa shape index (κ2) is 4.98. The van der Waals surface area contributed by atoms with Crippen LogP contribution >= 0.6 is 11.6 Å². The lowest BCUT2D eigenvalue weighted by Crippen LogP contribution is -2.53. The summed E-state index contributed by atoms with van der Waals surface area (Å²) in [4.78, 5) is 17.4. The molecule has 1 atom stereocenters. The number of anilines is 1. The van der Waals surface area contributed by atoms with Crippen molar-refractivity contribution >= 4 is 23.4 Å². The van der Waals surface area contributed by atoms with Crippen LogP contribution in [0.5, 0.6) is 0 Å². The maximum absolute atomic E-state index is 10.8. The Morgan fingerprint density at radius 1 is 1.47 bits per heavy atom. The first-order valence-electron chi connectivity index (χ1n) is 6.51. The van der Waals surface area contributed by atoms with E-state index in [0.29, 0.717) is 22.8 Å². The number of fused-ring (bicyclic) bond motifs is 3. The number of rotatable bonds is 3. The molecule has 102 valence electrons. The Labute approximate surface area is 116 Å². The van der Waals surface area contributed by atoms with Crippen LogP contribution < -0.4 is 5.32 Å². The number of hydrogen-bond acceptors (Lipinski definition) is 4. The Morgan fingerprint density at radius 2 is 2.21 bits per heavy atom.